The Kier molecular flexibility index (Phi) is 7.39. The van der Waals surface area contributed by atoms with Crippen LogP contribution in [0.2, 0.25) is 0 Å². The molecule has 0 aromatic heterocycles. The molecular formula is C20H30N4O4. The summed E-state index contributed by atoms with van der Waals surface area (Å²) in [5.74, 6) is -1.11. The number of carbonyl (C=O) groups excluding carboxylic acids is 2. The quantitative estimate of drug-likeness (QED) is 0.710. The maximum atomic E-state index is 12.7. The molecule has 0 spiro atoms. The zero-order valence-electron chi connectivity index (χ0n) is 16.9. The van der Waals surface area contributed by atoms with E-state index in [4.69, 9.17) is 5.11 Å². The first kappa shape index (κ1) is 21.7. The number of carboxylic acids is 1. The van der Waals surface area contributed by atoms with Gasteiger partial charge in [0.15, 0.2) is 0 Å². The third-order valence-corrected chi connectivity index (χ3v) is 4.38. The average molecular weight is 390 g/mol. The Morgan fingerprint density at radius 3 is 2.18 bits per heavy atom. The van der Waals surface area contributed by atoms with Crippen LogP contribution in [0.1, 0.15) is 20.8 Å². The highest BCUT2D eigenvalue weighted by Gasteiger charge is 2.25. The molecular weight excluding hydrogens is 360 g/mol. The molecule has 0 aliphatic carbocycles. The van der Waals surface area contributed by atoms with E-state index in [1.54, 1.807) is 21.9 Å². The molecule has 1 heterocycles. The number of carbonyl (C=O) groups is 3. The normalized spacial score (nSPS) is 15.2. The van der Waals surface area contributed by atoms with Crippen LogP contribution in [0.3, 0.4) is 0 Å². The first-order valence-electron chi connectivity index (χ1n) is 9.47. The second kappa shape index (κ2) is 9.54. The number of hydrogen-bond acceptors (Lipinski definition) is 5. The molecule has 1 fully saturated rings. The van der Waals surface area contributed by atoms with Gasteiger partial charge in [-0.25, -0.2) is 0 Å². The molecule has 0 atom stereocenters. The van der Waals surface area contributed by atoms with Crippen molar-refractivity contribution in [3.05, 3.63) is 30.3 Å². The van der Waals surface area contributed by atoms with Crippen LogP contribution in [0.25, 0.3) is 0 Å². The maximum absolute atomic E-state index is 12.7. The van der Waals surface area contributed by atoms with Gasteiger partial charge in [-0.2, -0.15) is 0 Å². The van der Waals surface area contributed by atoms with Crippen LogP contribution in [0, 0.1) is 0 Å². The van der Waals surface area contributed by atoms with Gasteiger partial charge in [-0.05, 0) is 32.9 Å². The highest BCUT2D eigenvalue weighted by Crippen LogP contribution is 2.14. The summed E-state index contributed by atoms with van der Waals surface area (Å²) in [5, 5.41) is 12.1. The van der Waals surface area contributed by atoms with Gasteiger partial charge in [0, 0.05) is 37.4 Å². The van der Waals surface area contributed by atoms with Gasteiger partial charge in [0.1, 0.15) is 6.54 Å². The number of carboxylic acid groups (broad SMARTS) is 1. The Hall–Kier alpha value is -2.61. The minimum Gasteiger partial charge on any atom is -0.480 e. The van der Waals surface area contributed by atoms with E-state index < -0.39 is 5.97 Å². The number of nitrogens with one attached hydrogen (secondary N) is 1. The average Bonchev–Trinajstić information content (AvgIpc) is 2.60. The summed E-state index contributed by atoms with van der Waals surface area (Å²) >= 11 is 0. The molecule has 28 heavy (non-hydrogen) atoms. The number of para-hydroxylation sites is 1. The van der Waals surface area contributed by atoms with Crippen molar-refractivity contribution < 1.29 is 19.5 Å². The van der Waals surface area contributed by atoms with Crippen molar-refractivity contribution in [3.8, 4) is 0 Å². The van der Waals surface area contributed by atoms with Crippen molar-refractivity contribution in [2.75, 3.05) is 50.7 Å². The van der Waals surface area contributed by atoms with Crippen LogP contribution < -0.4 is 10.2 Å². The number of aliphatic carboxylic acids is 1. The van der Waals surface area contributed by atoms with Crippen LogP contribution in [-0.2, 0) is 14.4 Å². The highest BCUT2D eigenvalue weighted by molar-refractivity contribution is 5.84. The smallest absolute Gasteiger partial charge is 0.323 e. The standard InChI is InChI=1S/C20H30N4O4/c1-20(2,3)21-17(25)13-22-9-11-23(12-10-22)18(26)14-24(15-19(27)28)16-7-5-4-6-8-16/h4-8H,9-15H2,1-3H3,(H,21,25)(H,27,28). The second-order valence-electron chi connectivity index (χ2n) is 8.04. The lowest BCUT2D eigenvalue weighted by Gasteiger charge is -2.36. The summed E-state index contributed by atoms with van der Waals surface area (Å²) < 4.78 is 0. The Morgan fingerprint density at radius 1 is 1.04 bits per heavy atom. The summed E-state index contributed by atoms with van der Waals surface area (Å²) in [7, 11) is 0. The van der Waals surface area contributed by atoms with Crippen molar-refractivity contribution in [1.82, 2.24) is 15.1 Å². The number of amides is 2. The molecule has 2 rings (SSSR count). The SMILES string of the molecule is CC(C)(C)NC(=O)CN1CCN(C(=O)CN(CC(=O)O)c2ccccc2)CC1. The number of rotatable bonds is 7. The van der Waals surface area contributed by atoms with Crippen LogP contribution in [-0.4, -0.2) is 84.0 Å². The molecule has 8 heteroatoms. The van der Waals surface area contributed by atoms with E-state index in [0.717, 1.165) is 0 Å². The summed E-state index contributed by atoms with van der Waals surface area (Å²) in [6.45, 7) is 8.21. The van der Waals surface area contributed by atoms with E-state index in [2.05, 4.69) is 5.32 Å². The number of hydrogen-bond donors (Lipinski definition) is 2. The minimum absolute atomic E-state index is 0.0147. The molecule has 0 saturated carbocycles. The maximum Gasteiger partial charge on any atom is 0.323 e. The molecule has 2 amide bonds. The van der Waals surface area contributed by atoms with Crippen LogP contribution in [0.15, 0.2) is 30.3 Å². The Morgan fingerprint density at radius 2 is 1.64 bits per heavy atom. The zero-order chi connectivity index (χ0) is 20.7. The molecule has 154 valence electrons. The van der Waals surface area contributed by atoms with Crippen molar-refractivity contribution in [1.29, 1.82) is 0 Å². The summed E-state index contributed by atoms with van der Waals surface area (Å²) in [6.07, 6.45) is 0. The zero-order valence-corrected chi connectivity index (χ0v) is 16.9. The van der Waals surface area contributed by atoms with E-state index >= 15 is 0 Å². The van der Waals surface area contributed by atoms with Crippen molar-refractivity contribution in [2.24, 2.45) is 0 Å². The Balaban J connectivity index is 1.86. The lowest BCUT2D eigenvalue weighted by molar-refractivity contribution is -0.135. The van der Waals surface area contributed by atoms with Crippen LogP contribution in [0.5, 0.6) is 0 Å². The topological polar surface area (TPSA) is 93.2 Å². The fourth-order valence-electron chi connectivity index (χ4n) is 3.12. The van der Waals surface area contributed by atoms with E-state index in [1.807, 2.05) is 43.9 Å². The molecule has 8 nitrogen and oxygen atoms in total. The Labute approximate surface area is 166 Å². The fraction of sp³-hybridized carbons (Fsp3) is 0.550. The number of nitrogens with zero attached hydrogens (tertiary/aromatic N) is 3. The molecule has 1 saturated heterocycles. The monoisotopic (exact) mass is 390 g/mol. The highest BCUT2D eigenvalue weighted by atomic mass is 16.4. The molecule has 1 aromatic carbocycles. The molecule has 1 aliphatic rings. The second-order valence-corrected chi connectivity index (χ2v) is 8.04. The molecule has 0 radical (unpaired) electrons. The van der Waals surface area contributed by atoms with E-state index in [0.29, 0.717) is 38.4 Å². The van der Waals surface area contributed by atoms with Crippen molar-refractivity contribution >= 4 is 23.5 Å². The third-order valence-electron chi connectivity index (χ3n) is 4.38. The van der Waals surface area contributed by atoms with Gasteiger partial charge in [-0.1, -0.05) is 18.2 Å². The summed E-state index contributed by atoms with van der Waals surface area (Å²) in [5.41, 5.74) is 0.440. The van der Waals surface area contributed by atoms with Crippen LogP contribution >= 0.6 is 0 Å². The van der Waals surface area contributed by atoms with E-state index in [-0.39, 0.29) is 30.4 Å². The largest absolute Gasteiger partial charge is 0.480 e. The summed E-state index contributed by atoms with van der Waals surface area (Å²) in [4.78, 5) is 41.2. The van der Waals surface area contributed by atoms with Crippen LogP contribution in [0.4, 0.5) is 5.69 Å². The van der Waals surface area contributed by atoms with Gasteiger partial charge in [0.2, 0.25) is 11.8 Å². The fourth-order valence-corrected chi connectivity index (χ4v) is 3.12. The molecule has 2 N–H and O–H groups in total. The molecule has 0 unspecified atom stereocenters. The molecule has 0 bridgehead atoms. The van der Waals surface area contributed by atoms with Crippen molar-refractivity contribution in [2.45, 2.75) is 26.3 Å². The van der Waals surface area contributed by atoms with Gasteiger partial charge in [-0.3, -0.25) is 19.3 Å². The number of piperazine rings is 1. The lowest BCUT2D eigenvalue weighted by Crippen LogP contribution is -2.54. The van der Waals surface area contributed by atoms with Gasteiger partial charge in [-0.15, -0.1) is 0 Å². The van der Waals surface area contributed by atoms with E-state index in [9.17, 15) is 14.4 Å². The minimum atomic E-state index is -0.980. The van der Waals surface area contributed by atoms with Gasteiger partial charge in [0.25, 0.3) is 0 Å². The third kappa shape index (κ3) is 7.19. The van der Waals surface area contributed by atoms with Gasteiger partial charge < -0.3 is 20.2 Å². The first-order chi connectivity index (χ1) is 13.1. The molecule has 1 aliphatic heterocycles. The van der Waals surface area contributed by atoms with E-state index in [1.165, 1.54) is 0 Å². The number of benzene rings is 1. The number of anilines is 1. The van der Waals surface area contributed by atoms with Gasteiger partial charge in [0.05, 0.1) is 13.1 Å². The van der Waals surface area contributed by atoms with Gasteiger partial charge >= 0.3 is 5.97 Å². The predicted octanol–water partition coefficient (Wildman–Crippen LogP) is 0.637. The predicted molar refractivity (Wildman–Crippen MR) is 107 cm³/mol. The lowest BCUT2D eigenvalue weighted by atomic mass is 10.1. The Bertz CT molecular complexity index is 679. The summed E-state index contributed by atoms with van der Waals surface area (Å²) in [6, 6.07) is 9.06. The molecule has 1 aromatic rings. The van der Waals surface area contributed by atoms with Crippen molar-refractivity contribution in [3.63, 3.8) is 0 Å². The first-order valence-corrected chi connectivity index (χ1v) is 9.47.